The van der Waals surface area contributed by atoms with Crippen LogP contribution >= 0.6 is 0 Å². The highest BCUT2D eigenvalue weighted by Crippen LogP contribution is 2.35. The topological polar surface area (TPSA) is 24.7 Å². The van der Waals surface area contributed by atoms with Gasteiger partial charge in [-0.2, -0.15) is 0 Å². The molecule has 2 aromatic rings. The SMILES string of the molecule is Cc1ccc(N(C)c2ccc(C3=CC(=C4C=CC(=[N+](C)C)C=C4)O[B-](F)(F)O3)cc2)cc1. The Labute approximate surface area is 187 Å². The molecule has 32 heavy (non-hydrogen) atoms. The minimum atomic E-state index is -4.47. The van der Waals surface area contributed by atoms with E-state index >= 15 is 0 Å². The molecule has 0 saturated carbocycles. The molecule has 0 bridgehead atoms. The number of hydrogen-bond acceptors (Lipinski definition) is 3. The summed E-state index contributed by atoms with van der Waals surface area (Å²) in [4.78, 5) is 2.03. The lowest BCUT2D eigenvalue weighted by molar-refractivity contribution is -0.462. The maximum Gasteiger partial charge on any atom is 0.725 e. The molecule has 2 aliphatic rings. The van der Waals surface area contributed by atoms with Crippen LogP contribution in [-0.4, -0.2) is 38.5 Å². The second-order valence-electron chi connectivity index (χ2n) is 8.03. The van der Waals surface area contributed by atoms with Crippen molar-refractivity contribution in [2.75, 3.05) is 26.0 Å². The van der Waals surface area contributed by atoms with E-state index in [2.05, 4.69) is 0 Å². The van der Waals surface area contributed by atoms with E-state index in [1.54, 1.807) is 24.3 Å². The molecule has 4 nitrogen and oxygen atoms in total. The van der Waals surface area contributed by atoms with Crippen molar-refractivity contribution in [2.24, 2.45) is 0 Å². The zero-order valence-corrected chi connectivity index (χ0v) is 18.5. The van der Waals surface area contributed by atoms with E-state index in [9.17, 15) is 8.63 Å². The minimum Gasteiger partial charge on any atom is -0.627 e. The van der Waals surface area contributed by atoms with Crippen LogP contribution in [-0.2, 0) is 9.31 Å². The van der Waals surface area contributed by atoms with E-state index in [1.807, 2.05) is 86.1 Å². The van der Waals surface area contributed by atoms with Gasteiger partial charge in [-0.25, -0.2) is 4.58 Å². The number of rotatable bonds is 3. The third kappa shape index (κ3) is 4.67. The van der Waals surface area contributed by atoms with E-state index in [1.165, 1.54) is 11.6 Å². The molecule has 0 saturated heterocycles. The van der Waals surface area contributed by atoms with E-state index < -0.39 is 7.11 Å². The molecule has 2 aromatic carbocycles. The highest BCUT2D eigenvalue weighted by molar-refractivity contribution is 6.53. The zero-order valence-electron chi connectivity index (χ0n) is 18.5. The molecule has 1 heterocycles. The van der Waals surface area contributed by atoms with Crippen molar-refractivity contribution in [1.29, 1.82) is 0 Å². The van der Waals surface area contributed by atoms with Gasteiger partial charge in [-0.15, -0.1) is 0 Å². The Hall–Kier alpha value is -3.61. The van der Waals surface area contributed by atoms with Gasteiger partial charge in [0.1, 0.15) is 14.1 Å². The molecule has 0 aromatic heterocycles. The highest BCUT2D eigenvalue weighted by atomic mass is 19.3. The molecular formula is C25H25BF2N2O2. The number of anilines is 2. The number of nitrogens with zero attached hydrogens (tertiary/aromatic N) is 2. The average Bonchev–Trinajstić information content (AvgIpc) is 2.78. The van der Waals surface area contributed by atoms with Gasteiger partial charge in [0, 0.05) is 47.8 Å². The number of halogens is 2. The number of allylic oxidation sites excluding steroid dienone is 6. The summed E-state index contributed by atoms with van der Waals surface area (Å²) < 4.78 is 40.3. The summed E-state index contributed by atoms with van der Waals surface area (Å²) in [7, 11) is 1.33. The van der Waals surface area contributed by atoms with Crippen molar-refractivity contribution in [1.82, 2.24) is 0 Å². The Kier molecular flexibility index (Phi) is 5.74. The third-order valence-electron chi connectivity index (χ3n) is 5.42. The van der Waals surface area contributed by atoms with Gasteiger partial charge in [0.05, 0.1) is 11.5 Å². The van der Waals surface area contributed by atoms with Crippen LogP contribution in [0.2, 0.25) is 0 Å². The lowest BCUT2D eigenvalue weighted by atomic mass is 10.0. The van der Waals surface area contributed by atoms with Crippen LogP contribution in [0.5, 0.6) is 0 Å². The maximum atomic E-state index is 14.3. The first-order valence-corrected chi connectivity index (χ1v) is 10.4. The molecule has 0 N–H and O–H groups in total. The highest BCUT2D eigenvalue weighted by Gasteiger charge is 2.38. The predicted octanol–water partition coefficient (Wildman–Crippen LogP) is 5.62. The Morgan fingerprint density at radius 3 is 1.94 bits per heavy atom. The first-order valence-electron chi connectivity index (χ1n) is 10.4. The first kappa shape index (κ1) is 21.6. The largest absolute Gasteiger partial charge is 0.725 e. The molecule has 0 radical (unpaired) electrons. The van der Waals surface area contributed by atoms with Crippen LogP contribution in [0.25, 0.3) is 5.76 Å². The quantitative estimate of drug-likeness (QED) is 0.463. The second-order valence-corrected chi connectivity index (χ2v) is 8.03. The fraction of sp³-hybridized carbons (Fsp3) is 0.160. The van der Waals surface area contributed by atoms with Gasteiger partial charge in [-0.05, 0) is 55.5 Å². The molecule has 0 atom stereocenters. The van der Waals surface area contributed by atoms with Crippen LogP contribution < -0.4 is 4.90 Å². The Morgan fingerprint density at radius 2 is 1.38 bits per heavy atom. The number of benzene rings is 2. The Balaban J connectivity index is 1.63. The first-order chi connectivity index (χ1) is 15.2. The van der Waals surface area contributed by atoms with Crippen molar-refractivity contribution in [3.8, 4) is 0 Å². The summed E-state index contributed by atoms with van der Waals surface area (Å²) in [6.45, 7) is 2.04. The summed E-state index contributed by atoms with van der Waals surface area (Å²) in [6.07, 6.45) is 8.75. The van der Waals surface area contributed by atoms with Gasteiger partial charge in [0.25, 0.3) is 0 Å². The normalized spacial score (nSPS) is 16.9. The molecule has 7 heteroatoms. The summed E-state index contributed by atoms with van der Waals surface area (Å²) in [5.74, 6) is 0.167. The van der Waals surface area contributed by atoms with Crippen LogP contribution in [0.1, 0.15) is 11.1 Å². The van der Waals surface area contributed by atoms with Crippen molar-refractivity contribution in [3.05, 3.63) is 101 Å². The zero-order chi connectivity index (χ0) is 22.9. The smallest absolute Gasteiger partial charge is 0.627 e. The van der Waals surface area contributed by atoms with E-state index in [4.69, 9.17) is 9.31 Å². The lowest BCUT2D eigenvalue weighted by Crippen LogP contribution is -2.34. The molecule has 0 amide bonds. The second kappa shape index (κ2) is 8.50. The van der Waals surface area contributed by atoms with Crippen LogP contribution in [0.4, 0.5) is 20.0 Å². The van der Waals surface area contributed by atoms with Gasteiger partial charge < -0.3 is 22.8 Å². The number of aryl methyl sites for hydroxylation is 1. The molecule has 0 spiro atoms. The Morgan fingerprint density at radius 1 is 0.812 bits per heavy atom. The summed E-state index contributed by atoms with van der Waals surface area (Å²) in [5.41, 5.74) is 5.25. The summed E-state index contributed by atoms with van der Waals surface area (Å²) in [6, 6.07) is 15.5. The molecule has 0 unspecified atom stereocenters. The minimum absolute atomic E-state index is 0.0810. The van der Waals surface area contributed by atoms with Crippen molar-refractivity contribution < 1.29 is 22.5 Å². The van der Waals surface area contributed by atoms with Crippen LogP contribution in [0.3, 0.4) is 0 Å². The predicted molar refractivity (Wildman–Crippen MR) is 126 cm³/mol. The van der Waals surface area contributed by atoms with Crippen molar-refractivity contribution in [2.45, 2.75) is 6.92 Å². The van der Waals surface area contributed by atoms with Crippen LogP contribution in [0, 0.1) is 6.92 Å². The molecule has 164 valence electrons. The van der Waals surface area contributed by atoms with Gasteiger partial charge in [0.15, 0.2) is 5.71 Å². The van der Waals surface area contributed by atoms with Gasteiger partial charge in [-0.1, -0.05) is 17.7 Å². The van der Waals surface area contributed by atoms with Crippen molar-refractivity contribution in [3.63, 3.8) is 0 Å². The molecule has 1 aliphatic carbocycles. The molecule has 0 fully saturated rings. The van der Waals surface area contributed by atoms with Gasteiger partial charge in [0.2, 0.25) is 0 Å². The molecular weight excluding hydrogens is 409 g/mol. The third-order valence-corrected chi connectivity index (χ3v) is 5.42. The standard InChI is InChI=1S/C25H25BF2N2O2/c1-18-5-11-22(12-6-18)30(4)23-15-9-20(10-16-23)25-17-24(31-26(27,28)32-25)19-7-13-21(14-8-19)29(2)3/h5-17H,1-4H3. The van der Waals surface area contributed by atoms with E-state index in [0.717, 1.165) is 17.1 Å². The van der Waals surface area contributed by atoms with Gasteiger partial charge in [-0.3, -0.25) is 0 Å². The average molecular weight is 434 g/mol. The van der Waals surface area contributed by atoms with E-state index in [0.29, 0.717) is 11.1 Å². The lowest BCUT2D eigenvalue weighted by Gasteiger charge is -2.35. The van der Waals surface area contributed by atoms with Crippen molar-refractivity contribution >= 4 is 30.0 Å². The summed E-state index contributed by atoms with van der Waals surface area (Å²) >= 11 is 0. The molecule has 1 aliphatic heterocycles. The van der Waals surface area contributed by atoms with Gasteiger partial charge >= 0.3 is 7.11 Å². The number of hydrogen-bond donors (Lipinski definition) is 0. The fourth-order valence-corrected chi connectivity index (χ4v) is 3.50. The molecule has 4 rings (SSSR count). The van der Waals surface area contributed by atoms with Crippen LogP contribution in [0.15, 0.2) is 90.2 Å². The monoisotopic (exact) mass is 434 g/mol. The summed E-state index contributed by atoms with van der Waals surface area (Å²) in [5, 5.41) is 0. The maximum absolute atomic E-state index is 14.3. The Bertz CT molecular complexity index is 1160. The van der Waals surface area contributed by atoms with E-state index in [-0.39, 0.29) is 11.5 Å². The fourth-order valence-electron chi connectivity index (χ4n) is 3.50.